The van der Waals surface area contributed by atoms with E-state index in [-0.39, 0.29) is 12.4 Å². The molecule has 1 N–H and O–H groups in total. The lowest BCUT2D eigenvalue weighted by molar-refractivity contribution is 0.414. The van der Waals surface area contributed by atoms with Crippen LogP contribution in [0.1, 0.15) is 31.9 Å². The lowest BCUT2D eigenvalue weighted by Gasteiger charge is -2.08. The highest BCUT2D eigenvalue weighted by Gasteiger charge is 2.04. The Morgan fingerprint density at radius 2 is 1.95 bits per heavy atom. The van der Waals surface area contributed by atoms with Crippen LogP contribution in [0.25, 0.3) is 0 Å². The SMILES string of the molecule is CCC(C)n1ccc(NCc2ccc(OC)cc2)n1.Cl. The Bertz CT molecular complexity index is 510. The topological polar surface area (TPSA) is 39.1 Å². The Labute approximate surface area is 126 Å². The van der Waals surface area contributed by atoms with Crippen molar-refractivity contribution in [3.63, 3.8) is 0 Å². The molecular formula is C15H22ClN3O. The van der Waals surface area contributed by atoms with Gasteiger partial charge in [-0.1, -0.05) is 19.1 Å². The lowest BCUT2D eigenvalue weighted by atomic mass is 10.2. The van der Waals surface area contributed by atoms with Crippen LogP contribution in [0.2, 0.25) is 0 Å². The monoisotopic (exact) mass is 295 g/mol. The Kier molecular flexibility index (Phi) is 6.39. The zero-order valence-corrected chi connectivity index (χ0v) is 13.0. The number of anilines is 1. The van der Waals surface area contributed by atoms with Gasteiger partial charge in [-0.3, -0.25) is 4.68 Å². The molecule has 0 fully saturated rings. The molecular weight excluding hydrogens is 274 g/mol. The van der Waals surface area contributed by atoms with Crippen LogP contribution in [0.15, 0.2) is 36.5 Å². The molecule has 1 unspecified atom stereocenters. The van der Waals surface area contributed by atoms with E-state index in [1.54, 1.807) is 7.11 Å². The number of hydrogen-bond acceptors (Lipinski definition) is 3. The molecule has 1 aromatic carbocycles. The average molecular weight is 296 g/mol. The van der Waals surface area contributed by atoms with Gasteiger partial charge in [0, 0.05) is 24.8 Å². The van der Waals surface area contributed by atoms with Gasteiger partial charge < -0.3 is 10.1 Å². The van der Waals surface area contributed by atoms with Crippen molar-refractivity contribution in [3.05, 3.63) is 42.1 Å². The van der Waals surface area contributed by atoms with E-state index in [2.05, 4.69) is 36.4 Å². The molecule has 2 aromatic rings. The van der Waals surface area contributed by atoms with Gasteiger partial charge in [0.25, 0.3) is 0 Å². The van der Waals surface area contributed by atoms with E-state index in [4.69, 9.17) is 4.74 Å². The fourth-order valence-electron chi connectivity index (χ4n) is 1.80. The lowest BCUT2D eigenvalue weighted by Crippen LogP contribution is -2.06. The second-order valence-corrected chi connectivity index (χ2v) is 4.64. The van der Waals surface area contributed by atoms with Crippen molar-refractivity contribution < 1.29 is 4.74 Å². The van der Waals surface area contributed by atoms with E-state index in [0.29, 0.717) is 6.04 Å². The first-order chi connectivity index (χ1) is 9.22. The predicted molar refractivity (Wildman–Crippen MR) is 84.8 cm³/mol. The highest BCUT2D eigenvalue weighted by atomic mass is 35.5. The van der Waals surface area contributed by atoms with E-state index in [0.717, 1.165) is 24.5 Å². The Hall–Kier alpha value is -1.68. The smallest absolute Gasteiger partial charge is 0.148 e. The van der Waals surface area contributed by atoms with Crippen molar-refractivity contribution in [2.75, 3.05) is 12.4 Å². The number of nitrogens with zero attached hydrogens (tertiary/aromatic N) is 2. The normalized spacial score (nSPS) is 11.6. The maximum absolute atomic E-state index is 5.14. The number of aromatic nitrogens is 2. The minimum Gasteiger partial charge on any atom is -0.497 e. The summed E-state index contributed by atoms with van der Waals surface area (Å²) < 4.78 is 7.13. The number of methoxy groups -OCH3 is 1. The molecule has 20 heavy (non-hydrogen) atoms. The molecule has 0 bridgehead atoms. The first-order valence-electron chi connectivity index (χ1n) is 6.65. The van der Waals surface area contributed by atoms with Crippen LogP contribution in [0, 0.1) is 0 Å². The van der Waals surface area contributed by atoms with Gasteiger partial charge in [0.15, 0.2) is 0 Å². The third-order valence-electron chi connectivity index (χ3n) is 3.28. The van der Waals surface area contributed by atoms with Crippen molar-refractivity contribution in [2.45, 2.75) is 32.9 Å². The molecule has 0 aliphatic rings. The van der Waals surface area contributed by atoms with E-state index in [1.807, 2.05) is 29.1 Å². The van der Waals surface area contributed by atoms with Gasteiger partial charge in [-0.25, -0.2) is 0 Å². The molecule has 1 atom stereocenters. The molecule has 0 radical (unpaired) electrons. The molecule has 0 aliphatic carbocycles. The second kappa shape index (κ2) is 7.80. The fourth-order valence-corrected chi connectivity index (χ4v) is 1.80. The number of hydrogen-bond donors (Lipinski definition) is 1. The van der Waals surface area contributed by atoms with Crippen molar-refractivity contribution in [1.29, 1.82) is 0 Å². The number of benzene rings is 1. The fraction of sp³-hybridized carbons (Fsp3) is 0.400. The quantitative estimate of drug-likeness (QED) is 0.878. The Morgan fingerprint density at radius 1 is 1.25 bits per heavy atom. The van der Waals surface area contributed by atoms with Crippen LogP contribution in [0.4, 0.5) is 5.82 Å². The molecule has 0 amide bonds. The number of halogens is 1. The van der Waals surface area contributed by atoms with Crippen LogP contribution in [0.5, 0.6) is 5.75 Å². The highest BCUT2D eigenvalue weighted by molar-refractivity contribution is 5.85. The van der Waals surface area contributed by atoms with Crippen LogP contribution in [-0.4, -0.2) is 16.9 Å². The minimum absolute atomic E-state index is 0. The van der Waals surface area contributed by atoms with E-state index in [9.17, 15) is 0 Å². The van der Waals surface area contributed by atoms with Crippen molar-refractivity contribution in [1.82, 2.24) is 9.78 Å². The number of rotatable bonds is 6. The highest BCUT2D eigenvalue weighted by Crippen LogP contribution is 2.14. The van der Waals surface area contributed by atoms with Crippen molar-refractivity contribution in [3.8, 4) is 5.75 Å². The Balaban J connectivity index is 0.00000200. The van der Waals surface area contributed by atoms with E-state index in [1.165, 1.54) is 5.56 Å². The first-order valence-corrected chi connectivity index (χ1v) is 6.65. The molecule has 4 nitrogen and oxygen atoms in total. The summed E-state index contributed by atoms with van der Waals surface area (Å²) in [4.78, 5) is 0. The summed E-state index contributed by atoms with van der Waals surface area (Å²) >= 11 is 0. The third-order valence-corrected chi connectivity index (χ3v) is 3.28. The van der Waals surface area contributed by atoms with Gasteiger partial charge in [0.05, 0.1) is 7.11 Å². The van der Waals surface area contributed by atoms with Gasteiger partial charge >= 0.3 is 0 Å². The van der Waals surface area contributed by atoms with Crippen LogP contribution in [0.3, 0.4) is 0 Å². The molecule has 0 spiro atoms. The largest absolute Gasteiger partial charge is 0.497 e. The molecule has 0 saturated heterocycles. The number of nitrogens with one attached hydrogen (secondary N) is 1. The van der Waals surface area contributed by atoms with Gasteiger partial charge in [-0.2, -0.15) is 5.10 Å². The zero-order chi connectivity index (χ0) is 13.7. The molecule has 110 valence electrons. The summed E-state index contributed by atoms with van der Waals surface area (Å²) in [5.74, 6) is 1.79. The van der Waals surface area contributed by atoms with Gasteiger partial charge in [-0.15, -0.1) is 12.4 Å². The zero-order valence-electron chi connectivity index (χ0n) is 12.2. The molecule has 1 heterocycles. The predicted octanol–water partition coefficient (Wildman–Crippen LogP) is 3.90. The van der Waals surface area contributed by atoms with Gasteiger partial charge in [-0.05, 0) is 31.0 Å². The summed E-state index contributed by atoms with van der Waals surface area (Å²) in [5.41, 5.74) is 1.21. The summed E-state index contributed by atoms with van der Waals surface area (Å²) in [5, 5.41) is 7.84. The van der Waals surface area contributed by atoms with Gasteiger partial charge in [0.1, 0.15) is 11.6 Å². The first kappa shape index (κ1) is 16.4. The van der Waals surface area contributed by atoms with Crippen LogP contribution >= 0.6 is 12.4 Å². The van der Waals surface area contributed by atoms with Crippen molar-refractivity contribution >= 4 is 18.2 Å². The third kappa shape index (κ3) is 4.17. The van der Waals surface area contributed by atoms with E-state index >= 15 is 0 Å². The van der Waals surface area contributed by atoms with Crippen LogP contribution in [-0.2, 0) is 6.54 Å². The summed E-state index contributed by atoms with van der Waals surface area (Å²) in [6.45, 7) is 5.10. The Morgan fingerprint density at radius 3 is 2.55 bits per heavy atom. The summed E-state index contributed by atoms with van der Waals surface area (Å²) in [6.07, 6.45) is 3.10. The summed E-state index contributed by atoms with van der Waals surface area (Å²) in [6, 6.07) is 10.5. The average Bonchev–Trinajstić information content (AvgIpc) is 2.93. The van der Waals surface area contributed by atoms with E-state index < -0.39 is 0 Å². The van der Waals surface area contributed by atoms with Gasteiger partial charge in [0.2, 0.25) is 0 Å². The minimum atomic E-state index is 0. The molecule has 1 aromatic heterocycles. The number of ether oxygens (including phenoxy) is 1. The van der Waals surface area contributed by atoms with Crippen molar-refractivity contribution in [2.24, 2.45) is 0 Å². The summed E-state index contributed by atoms with van der Waals surface area (Å²) in [7, 11) is 1.68. The molecule has 0 saturated carbocycles. The maximum atomic E-state index is 5.14. The standard InChI is InChI=1S/C15H21N3O.ClH/c1-4-12(2)18-10-9-15(17-18)16-11-13-5-7-14(19-3)8-6-13;/h5-10,12H,4,11H2,1-3H3,(H,16,17);1H. The maximum Gasteiger partial charge on any atom is 0.148 e. The molecule has 0 aliphatic heterocycles. The molecule has 5 heteroatoms. The van der Waals surface area contributed by atoms with Crippen LogP contribution < -0.4 is 10.1 Å². The second-order valence-electron chi connectivity index (χ2n) is 4.64. The molecule has 2 rings (SSSR count).